The summed E-state index contributed by atoms with van der Waals surface area (Å²) in [5.41, 5.74) is -1.35. The van der Waals surface area contributed by atoms with Gasteiger partial charge in [0, 0.05) is 19.7 Å². The molecule has 0 saturated carbocycles. The molecular formula is C13H23NO4. The molecule has 0 aromatic heterocycles. The zero-order valence-electron chi connectivity index (χ0n) is 11.4. The van der Waals surface area contributed by atoms with Gasteiger partial charge in [-0.05, 0) is 33.1 Å². The van der Waals surface area contributed by atoms with Crippen LogP contribution in [-0.4, -0.2) is 47.7 Å². The Morgan fingerprint density at radius 2 is 2.11 bits per heavy atom. The first-order chi connectivity index (χ1) is 8.39. The molecule has 5 heteroatoms. The summed E-state index contributed by atoms with van der Waals surface area (Å²) in [4.78, 5) is 24.9. The third-order valence-corrected chi connectivity index (χ3v) is 3.29. The van der Waals surface area contributed by atoms with Crippen LogP contribution in [-0.2, 0) is 14.3 Å². The third-order valence-electron chi connectivity index (χ3n) is 3.29. The number of hydrogen-bond acceptors (Lipinski definition) is 3. The topological polar surface area (TPSA) is 66.8 Å². The second-order valence-electron chi connectivity index (χ2n) is 5.32. The van der Waals surface area contributed by atoms with Crippen LogP contribution in [0.25, 0.3) is 0 Å². The highest BCUT2D eigenvalue weighted by atomic mass is 16.5. The minimum Gasteiger partial charge on any atom is -0.480 e. The van der Waals surface area contributed by atoms with Crippen molar-refractivity contribution in [2.75, 3.05) is 19.7 Å². The summed E-state index contributed by atoms with van der Waals surface area (Å²) in [6.45, 7) is 6.77. The Morgan fingerprint density at radius 1 is 1.44 bits per heavy atom. The molecule has 1 aliphatic rings. The number of piperidine rings is 1. The number of nitrogens with zero attached hydrogens (tertiary/aromatic N) is 1. The Hall–Kier alpha value is -1.10. The molecule has 0 bridgehead atoms. The first kappa shape index (κ1) is 15.0. The lowest BCUT2D eigenvalue weighted by atomic mass is 9.90. The van der Waals surface area contributed by atoms with Gasteiger partial charge in [0.2, 0.25) is 5.91 Å². The van der Waals surface area contributed by atoms with Gasteiger partial charge in [-0.25, -0.2) is 0 Å². The van der Waals surface area contributed by atoms with E-state index in [1.807, 2.05) is 6.92 Å². The summed E-state index contributed by atoms with van der Waals surface area (Å²) >= 11 is 0. The number of amides is 1. The first-order valence-electron chi connectivity index (χ1n) is 6.54. The zero-order valence-corrected chi connectivity index (χ0v) is 11.4. The first-order valence-corrected chi connectivity index (χ1v) is 6.54. The van der Waals surface area contributed by atoms with Gasteiger partial charge in [-0.15, -0.1) is 0 Å². The lowest BCUT2D eigenvalue weighted by Gasteiger charge is -2.36. The summed E-state index contributed by atoms with van der Waals surface area (Å²) in [5.74, 6) is -1.40. The van der Waals surface area contributed by atoms with E-state index in [4.69, 9.17) is 9.84 Å². The average Bonchev–Trinajstić information content (AvgIpc) is 2.35. The molecule has 0 radical (unpaired) electrons. The van der Waals surface area contributed by atoms with E-state index in [-0.39, 0.29) is 12.0 Å². The van der Waals surface area contributed by atoms with Crippen LogP contribution in [0.15, 0.2) is 0 Å². The zero-order chi connectivity index (χ0) is 13.8. The number of carbonyl (C=O) groups is 2. The number of aliphatic carboxylic acids is 1. The monoisotopic (exact) mass is 257 g/mol. The molecule has 1 fully saturated rings. The van der Waals surface area contributed by atoms with E-state index < -0.39 is 11.4 Å². The van der Waals surface area contributed by atoms with Crippen LogP contribution in [0.4, 0.5) is 0 Å². The molecule has 1 unspecified atom stereocenters. The van der Waals surface area contributed by atoms with Crippen LogP contribution in [0, 0.1) is 5.41 Å². The van der Waals surface area contributed by atoms with Crippen molar-refractivity contribution in [3.63, 3.8) is 0 Å². The molecule has 1 atom stereocenters. The van der Waals surface area contributed by atoms with Gasteiger partial charge in [0.25, 0.3) is 0 Å². The molecule has 0 spiro atoms. The van der Waals surface area contributed by atoms with Gasteiger partial charge in [0.15, 0.2) is 0 Å². The minimum absolute atomic E-state index is 0.0484. The van der Waals surface area contributed by atoms with Gasteiger partial charge >= 0.3 is 5.97 Å². The number of carboxylic acid groups (broad SMARTS) is 1. The molecule has 1 saturated heterocycles. The van der Waals surface area contributed by atoms with E-state index in [1.165, 1.54) is 13.8 Å². The Morgan fingerprint density at radius 3 is 2.67 bits per heavy atom. The molecule has 0 aliphatic carbocycles. The van der Waals surface area contributed by atoms with E-state index in [9.17, 15) is 9.59 Å². The van der Waals surface area contributed by atoms with Crippen molar-refractivity contribution in [2.45, 2.75) is 46.1 Å². The molecule has 1 amide bonds. The third kappa shape index (κ3) is 3.45. The van der Waals surface area contributed by atoms with Gasteiger partial charge in [-0.2, -0.15) is 0 Å². The smallest absolute Gasteiger partial charge is 0.318 e. The Labute approximate surface area is 108 Å². The standard InChI is InChI=1S/C13H23NO4/c1-4-8-18-10-6-5-7-14(9-10)11(15)13(2,3)12(16)17/h10H,4-9H2,1-3H3,(H,16,17). The molecule has 1 N–H and O–H groups in total. The summed E-state index contributed by atoms with van der Waals surface area (Å²) in [6.07, 6.45) is 2.81. The fourth-order valence-corrected chi connectivity index (χ4v) is 2.03. The number of ether oxygens (including phenoxy) is 1. The summed E-state index contributed by atoms with van der Waals surface area (Å²) in [5, 5.41) is 9.07. The van der Waals surface area contributed by atoms with Crippen LogP contribution in [0.1, 0.15) is 40.0 Å². The second kappa shape index (κ2) is 6.18. The van der Waals surface area contributed by atoms with Crippen LogP contribution >= 0.6 is 0 Å². The SMILES string of the molecule is CCCOC1CCCN(C(=O)C(C)(C)C(=O)O)C1. The lowest BCUT2D eigenvalue weighted by Crippen LogP contribution is -2.50. The predicted octanol–water partition coefficient (Wildman–Crippen LogP) is 1.51. The molecule has 1 aliphatic heterocycles. The van der Waals surface area contributed by atoms with Crippen molar-refractivity contribution < 1.29 is 19.4 Å². The van der Waals surface area contributed by atoms with Crippen molar-refractivity contribution in [1.82, 2.24) is 4.90 Å². The largest absolute Gasteiger partial charge is 0.480 e. The molecule has 104 valence electrons. The van der Waals surface area contributed by atoms with E-state index >= 15 is 0 Å². The lowest BCUT2D eigenvalue weighted by molar-refractivity contribution is -0.160. The van der Waals surface area contributed by atoms with Gasteiger partial charge in [-0.1, -0.05) is 6.92 Å². The molecule has 0 aromatic rings. The van der Waals surface area contributed by atoms with Crippen molar-refractivity contribution in [3.05, 3.63) is 0 Å². The van der Waals surface area contributed by atoms with E-state index in [0.29, 0.717) is 19.7 Å². The second-order valence-corrected chi connectivity index (χ2v) is 5.32. The highest BCUT2D eigenvalue weighted by Gasteiger charge is 2.40. The van der Waals surface area contributed by atoms with Crippen molar-refractivity contribution in [3.8, 4) is 0 Å². The molecule has 5 nitrogen and oxygen atoms in total. The molecular weight excluding hydrogens is 234 g/mol. The number of likely N-dealkylation sites (tertiary alicyclic amines) is 1. The molecule has 1 heterocycles. The van der Waals surface area contributed by atoms with Gasteiger partial charge in [0.1, 0.15) is 5.41 Å². The number of carbonyl (C=O) groups excluding carboxylic acids is 1. The van der Waals surface area contributed by atoms with E-state index in [1.54, 1.807) is 4.90 Å². The maximum atomic E-state index is 12.2. The highest BCUT2D eigenvalue weighted by Crippen LogP contribution is 2.23. The summed E-state index contributed by atoms with van der Waals surface area (Å²) < 4.78 is 5.64. The van der Waals surface area contributed by atoms with E-state index in [0.717, 1.165) is 19.3 Å². The van der Waals surface area contributed by atoms with Crippen molar-refractivity contribution >= 4 is 11.9 Å². The number of hydrogen-bond donors (Lipinski definition) is 1. The quantitative estimate of drug-likeness (QED) is 0.758. The fraction of sp³-hybridized carbons (Fsp3) is 0.846. The minimum atomic E-state index is -1.35. The van der Waals surface area contributed by atoms with Crippen LogP contribution in [0.2, 0.25) is 0 Å². The normalized spacial score (nSPS) is 20.8. The fourth-order valence-electron chi connectivity index (χ4n) is 2.03. The average molecular weight is 257 g/mol. The Kier molecular flexibility index (Phi) is 5.14. The van der Waals surface area contributed by atoms with Gasteiger partial charge in [-0.3, -0.25) is 9.59 Å². The molecule has 18 heavy (non-hydrogen) atoms. The molecule has 1 rings (SSSR count). The highest BCUT2D eigenvalue weighted by molar-refractivity contribution is 6.01. The Balaban J connectivity index is 2.61. The number of rotatable bonds is 5. The predicted molar refractivity (Wildman–Crippen MR) is 67.3 cm³/mol. The van der Waals surface area contributed by atoms with Gasteiger partial charge in [0.05, 0.1) is 6.10 Å². The van der Waals surface area contributed by atoms with Crippen LogP contribution in [0.5, 0.6) is 0 Å². The number of carboxylic acids is 1. The Bertz CT molecular complexity index is 314. The van der Waals surface area contributed by atoms with Crippen molar-refractivity contribution in [1.29, 1.82) is 0 Å². The van der Waals surface area contributed by atoms with Crippen molar-refractivity contribution in [2.24, 2.45) is 5.41 Å². The molecule has 0 aromatic carbocycles. The van der Waals surface area contributed by atoms with Crippen LogP contribution < -0.4 is 0 Å². The summed E-state index contributed by atoms with van der Waals surface area (Å²) in [7, 11) is 0. The van der Waals surface area contributed by atoms with Gasteiger partial charge < -0.3 is 14.7 Å². The van der Waals surface area contributed by atoms with E-state index in [2.05, 4.69) is 0 Å². The summed E-state index contributed by atoms with van der Waals surface area (Å²) in [6, 6.07) is 0. The maximum Gasteiger partial charge on any atom is 0.318 e. The maximum absolute atomic E-state index is 12.2. The van der Waals surface area contributed by atoms with Crippen LogP contribution in [0.3, 0.4) is 0 Å².